The fraction of sp³-hybridized carbons (Fsp3) is 0.188. The van der Waals surface area contributed by atoms with Crippen molar-refractivity contribution < 1.29 is 4.79 Å². The second-order valence-electron chi connectivity index (χ2n) is 4.87. The van der Waals surface area contributed by atoms with Gasteiger partial charge in [0.15, 0.2) is 0 Å². The van der Waals surface area contributed by atoms with E-state index in [-0.39, 0.29) is 5.91 Å². The molecule has 20 heavy (non-hydrogen) atoms. The van der Waals surface area contributed by atoms with Crippen LogP contribution in [-0.2, 0) is 6.42 Å². The highest BCUT2D eigenvalue weighted by molar-refractivity contribution is 9.10. The first-order valence-corrected chi connectivity index (χ1v) is 7.45. The van der Waals surface area contributed by atoms with Crippen molar-refractivity contribution in [1.29, 1.82) is 0 Å². The molecule has 1 heterocycles. The summed E-state index contributed by atoms with van der Waals surface area (Å²) in [6, 6.07) is 13.4. The fourth-order valence-corrected chi connectivity index (χ4v) is 2.78. The number of halogens is 1. The molecule has 0 unspecified atom stereocenters. The van der Waals surface area contributed by atoms with Crippen LogP contribution in [0.5, 0.6) is 0 Å². The maximum absolute atomic E-state index is 12.2. The Kier molecular flexibility index (Phi) is 3.74. The van der Waals surface area contributed by atoms with E-state index in [0.717, 1.165) is 29.5 Å². The monoisotopic (exact) mass is 330 g/mol. The lowest BCUT2D eigenvalue weighted by atomic mass is 10.0. The molecule has 0 fully saturated rings. The zero-order valence-electron chi connectivity index (χ0n) is 10.9. The fourth-order valence-electron chi connectivity index (χ4n) is 2.39. The number of rotatable bonds is 2. The molecule has 0 aromatic heterocycles. The zero-order valence-corrected chi connectivity index (χ0v) is 12.5. The average Bonchev–Trinajstić information content (AvgIpc) is 2.47. The maximum atomic E-state index is 12.2. The topological polar surface area (TPSA) is 41.1 Å². The van der Waals surface area contributed by atoms with Crippen molar-refractivity contribution in [1.82, 2.24) is 0 Å². The van der Waals surface area contributed by atoms with Crippen LogP contribution in [0.3, 0.4) is 0 Å². The standard InChI is InChI=1S/C16H15BrN2O/c17-13-5-1-3-12(9-13)16(20)19-14-6-7-15-11(10-14)4-2-8-18-15/h1,3,5-7,9-10,18H,2,4,8H2,(H,19,20). The van der Waals surface area contributed by atoms with Crippen LogP contribution in [-0.4, -0.2) is 12.5 Å². The van der Waals surface area contributed by atoms with Gasteiger partial charge >= 0.3 is 0 Å². The minimum absolute atomic E-state index is 0.0879. The molecule has 1 amide bonds. The van der Waals surface area contributed by atoms with Gasteiger partial charge in [-0.3, -0.25) is 4.79 Å². The summed E-state index contributed by atoms with van der Waals surface area (Å²) in [4.78, 5) is 12.2. The number of amides is 1. The molecule has 0 saturated heterocycles. The Hall–Kier alpha value is -1.81. The van der Waals surface area contributed by atoms with Crippen molar-refractivity contribution in [2.75, 3.05) is 17.2 Å². The summed E-state index contributed by atoms with van der Waals surface area (Å²) < 4.78 is 0.903. The van der Waals surface area contributed by atoms with Crippen molar-refractivity contribution in [2.45, 2.75) is 12.8 Å². The molecule has 2 aromatic carbocycles. The SMILES string of the molecule is O=C(Nc1ccc2c(c1)CCCN2)c1cccc(Br)c1. The second-order valence-corrected chi connectivity index (χ2v) is 5.78. The third kappa shape index (κ3) is 2.85. The third-order valence-corrected chi connectivity index (χ3v) is 3.88. The molecule has 0 aliphatic carbocycles. The van der Waals surface area contributed by atoms with E-state index in [9.17, 15) is 4.79 Å². The molecular formula is C16H15BrN2O. The van der Waals surface area contributed by atoms with Gasteiger partial charge in [-0.25, -0.2) is 0 Å². The van der Waals surface area contributed by atoms with E-state index in [0.29, 0.717) is 5.56 Å². The normalized spacial score (nSPS) is 13.2. The third-order valence-electron chi connectivity index (χ3n) is 3.39. The second kappa shape index (κ2) is 5.67. The molecule has 0 radical (unpaired) electrons. The van der Waals surface area contributed by atoms with Crippen LogP contribution in [0.1, 0.15) is 22.3 Å². The molecule has 102 valence electrons. The van der Waals surface area contributed by atoms with Crippen LogP contribution in [0, 0.1) is 0 Å². The Balaban J connectivity index is 1.79. The molecule has 0 spiro atoms. The van der Waals surface area contributed by atoms with E-state index in [1.54, 1.807) is 6.07 Å². The van der Waals surface area contributed by atoms with Crippen LogP contribution in [0.2, 0.25) is 0 Å². The number of benzene rings is 2. The number of carbonyl (C=O) groups excluding carboxylic acids is 1. The predicted molar refractivity (Wildman–Crippen MR) is 85.3 cm³/mol. The molecule has 1 aliphatic heterocycles. The quantitative estimate of drug-likeness (QED) is 0.871. The summed E-state index contributed by atoms with van der Waals surface area (Å²) in [5, 5.41) is 6.31. The Morgan fingerprint density at radius 3 is 2.95 bits per heavy atom. The summed E-state index contributed by atoms with van der Waals surface area (Å²) in [6.07, 6.45) is 2.19. The van der Waals surface area contributed by atoms with Crippen molar-refractivity contribution in [3.8, 4) is 0 Å². The van der Waals surface area contributed by atoms with Gasteiger partial charge in [-0.05, 0) is 54.8 Å². The number of fused-ring (bicyclic) bond motifs is 1. The maximum Gasteiger partial charge on any atom is 0.255 e. The predicted octanol–water partition coefficient (Wildman–Crippen LogP) is 4.06. The summed E-state index contributed by atoms with van der Waals surface area (Å²) in [5.41, 5.74) is 3.94. The van der Waals surface area contributed by atoms with E-state index < -0.39 is 0 Å². The van der Waals surface area contributed by atoms with Gasteiger partial charge in [0.25, 0.3) is 5.91 Å². The minimum Gasteiger partial charge on any atom is -0.385 e. The Labute approximate surface area is 126 Å². The summed E-state index contributed by atoms with van der Waals surface area (Å²) in [5.74, 6) is -0.0879. The van der Waals surface area contributed by atoms with Crippen molar-refractivity contribution >= 4 is 33.2 Å². The molecular weight excluding hydrogens is 316 g/mol. The van der Waals surface area contributed by atoms with Gasteiger partial charge < -0.3 is 10.6 Å². The first-order chi connectivity index (χ1) is 9.72. The molecule has 1 aliphatic rings. The smallest absolute Gasteiger partial charge is 0.255 e. The lowest BCUT2D eigenvalue weighted by molar-refractivity contribution is 0.102. The molecule has 0 saturated carbocycles. The average molecular weight is 331 g/mol. The molecule has 2 N–H and O–H groups in total. The summed E-state index contributed by atoms with van der Waals surface area (Å²) >= 11 is 3.38. The highest BCUT2D eigenvalue weighted by Crippen LogP contribution is 2.25. The van der Waals surface area contributed by atoms with Crippen LogP contribution >= 0.6 is 15.9 Å². The van der Waals surface area contributed by atoms with Gasteiger partial charge in [-0.1, -0.05) is 22.0 Å². The minimum atomic E-state index is -0.0879. The number of hydrogen-bond acceptors (Lipinski definition) is 2. The summed E-state index contributed by atoms with van der Waals surface area (Å²) in [6.45, 7) is 1.02. The van der Waals surface area contributed by atoms with Crippen LogP contribution in [0.4, 0.5) is 11.4 Å². The number of anilines is 2. The highest BCUT2D eigenvalue weighted by Gasteiger charge is 2.11. The van der Waals surface area contributed by atoms with Gasteiger partial charge in [0.2, 0.25) is 0 Å². The number of carbonyl (C=O) groups is 1. The molecule has 3 rings (SSSR count). The zero-order chi connectivity index (χ0) is 13.9. The lowest BCUT2D eigenvalue weighted by Gasteiger charge is -2.18. The van der Waals surface area contributed by atoms with Gasteiger partial charge in [-0.2, -0.15) is 0 Å². The molecule has 0 atom stereocenters. The molecule has 3 nitrogen and oxygen atoms in total. The van der Waals surface area contributed by atoms with Crippen LogP contribution < -0.4 is 10.6 Å². The van der Waals surface area contributed by atoms with E-state index in [2.05, 4.69) is 32.6 Å². The lowest BCUT2D eigenvalue weighted by Crippen LogP contribution is -2.14. The van der Waals surface area contributed by atoms with Gasteiger partial charge in [0.05, 0.1) is 0 Å². The highest BCUT2D eigenvalue weighted by atomic mass is 79.9. The van der Waals surface area contributed by atoms with E-state index in [1.165, 1.54) is 11.3 Å². The largest absolute Gasteiger partial charge is 0.385 e. The number of aryl methyl sites for hydroxylation is 1. The number of hydrogen-bond donors (Lipinski definition) is 2. The van der Waals surface area contributed by atoms with Crippen molar-refractivity contribution in [2.24, 2.45) is 0 Å². The van der Waals surface area contributed by atoms with Crippen molar-refractivity contribution in [3.05, 3.63) is 58.1 Å². The molecule has 0 bridgehead atoms. The van der Waals surface area contributed by atoms with Crippen LogP contribution in [0.25, 0.3) is 0 Å². The van der Waals surface area contributed by atoms with Gasteiger partial charge in [-0.15, -0.1) is 0 Å². The molecule has 4 heteroatoms. The Bertz CT molecular complexity index is 655. The Morgan fingerprint density at radius 1 is 1.20 bits per heavy atom. The van der Waals surface area contributed by atoms with E-state index >= 15 is 0 Å². The van der Waals surface area contributed by atoms with E-state index in [4.69, 9.17) is 0 Å². The van der Waals surface area contributed by atoms with Gasteiger partial charge in [0, 0.05) is 28.0 Å². The summed E-state index contributed by atoms with van der Waals surface area (Å²) in [7, 11) is 0. The first-order valence-electron chi connectivity index (χ1n) is 6.66. The van der Waals surface area contributed by atoms with Gasteiger partial charge in [0.1, 0.15) is 0 Å². The molecule has 2 aromatic rings. The Morgan fingerprint density at radius 2 is 2.10 bits per heavy atom. The van der Waals surface area contributed by atoms with E-state index in [1.807, 2.05) is 30.3 Å². The first kappa shape index (κ1) is 13.2. The van der Waals surface area contributed by atoms with Crippen molar-refractivity contribution in [3.63, 3.8) is 0 Å². The number of nitrogens with one attached hydrogen (secondary N) is 2. The van der Waals surface area contributed by atoms with Crippen LogP contribution in [0.15, 0.2) is 46.9 Å².